The Balaban J connectivity index is -0.000000295. The molecule has 0 spiro atoms. The number of hydrogen-bond donors (Lipinski definition) is 0. The van der Waals surface area contributed by atoms with Gasteiger partial charge in [-0.1, -0.05) is 52.2 Å². The summed E-state index contributed by atoms with van der Waals surface area (Å²) in [6.07, 6.45) is 8.87. The number of nitrogens with zero attached hydrogens (tertiary/aromatic N) is 4. The Hall–Kier alpha value is -0.826. The summed E-state index contributed by atoms with van der Waals surface area (Å²) in [7, 11) is 0. The first kappa shape index (κ1) is 25.1. The molecule has 124 valence electrons. The SMILES string of the molecule is CC(C)C=N[C-]=NC(C)C.CC(C)C=N[C-]=NC(C)C.[Ni+2]. The molecule has 0 atom stereocenters. The smallest absolute Gasteiger partial charge is 0.444 e. The van der Waals surface area contributed by atoms with Gasteiger partial charge in [-0.25, -0.2) is 0 Å². The number of hydrogen-bond acceptors (Lipinski definition) is 2. The van der Waals surface area contributed by atoms with E-state index in [1.165, 1.54) is 0 Å². The van der Waals surface area contributed by atoms with Gasteiger partial charge < -0.3 is 20.0 Å². The van der Waals surface area contributed by atoms with Crippen LogP contribution < -0.4 is 0 Å². The molecule has 0 aromatic rings. The Bertz CT molecular complexity index is 252. The summed E-state index contributed by atoms with van der Waals surface area (Å²) in [5, 5.41) is 0. The Labute approximate surface area is 141 Å². The van der Waals surface area contributed by atoms with Gasteiger partial charge in [0, 0.05) is 12.1 Å². The first-order chi connectivity index (χ1) is 9.25. The van der Waals surface area contributed by atoms with Crippen molar-refractivity contribution in [3.05, 3.63) is 0 Å². The molecule has 0 aliphatic carbocycles. The van der Waals surface area contributed by atoms with Gasteiger partial charge in [-0.3, -0.25) is 0 Å². The quantitative estimate of drug-likeness (QED) is 0.304. The second kappa shape index (κ2) is 17.2. The van der Waals surface area contributed by atoms with E-state index in [-0.39, 0.29) is 16.5 Å². The molecule has 5 heteroatoms. The van der Waals surface area contributed by atoms with Crippen molar-refractivity contribution in [2.45, 2.75) is 67.5 Å². The van der Waals surface area contributed by atoms with Crippen LogP contribution in [0.15, 0.2) is 20.0 Å². The zero-order valence-corrected chi connectivity index (χ0v) is 15.6. The second-order valence-electron chi connectivity index (χ2n) is 5.69. The van der Waals surface area contributed by atoms with E-state index < -0.39 is 0 Å². The average molecular weight is 337 g/mol. The minimum Gasteiger partial charge on any atom is -0.444 e. The minimum atomic E-state index is 0. The molecule has 0 aliphatic heterocycles. The second-order valence-corrected chi connectivity index (χ2v) is 5.69. The molecule has 0 aliphatic rings. The molecule has 0 heterocycles. The molecular formula is C16H30N4Ni. The van der Waals surface area contributed by atoms with E-state index in [4.69, 9.17) is 0 Å². The molecule has 0 rings (SSSR count). The predicted molar refractivity (Wildman–Crippen MR) is 91.8 cm³/mol. The van der Waals surface area contributed by atoms with Crippen molar-refractivity contribution in [3.8, 4) is 0 Å². The predicted octanol–water partition coefficient (Wildman–Crippen LogP) is 4.05. The molecule has 0 N–H and O–H groups in total. The molecule has 0 fully saturated rings. The molecule has 21 heavy (non-hydrogen) atoms. The standard InChI is InChI=1S/2C8H15N2.Ni/c2*1-7(2)5-9-6-10-8(3)4;/h2*5,7-8H,1-4H3;/q2*-1;+2. The molecule has 4 nitrogen and oxygen atoms in total. The van der Waals surface area contributed by atoms with Crippen LogP contribution in [0.1, 0.15) is 55.4 Å². The summed E-state index contributed by atoms with van der Waals surface area (Å²) < 4.78 is 0. The van der Waals surface area contributed by atoms with Crippen LogP contribution in [-0.2, 0) is 16.5 Å². The zero-order chi connectivity index (χ0) is 16.0. The molecular weight excluding hydrogens is 307 g/mol. The van der Waals surface area contributed by atoms with E-state index >= 15 is 0 Å². The van der Waals surface area contributed by atoms with Crippen LogP contribution in [0.25, 0.3) is 0 Å². The van der Waals surface area contributed by atoms with E-state index in [0.29, 0.717) is 23.9 Å². The first-order valence-corrected chi connectivity index (χ1v) is 7.21. The summed E-state index contributed by atoms with van der Waals surface area (Å²) in [6.45, 7) is 16.3. The van der Waals surface area contributed by atoms with E-state index in [1.807, 2.05) is 40.1 Å². The summed E-state index contributed by atoms with van der Waals surface area (Å²) in [5.41, 5.74) is 0. The van der Waals surface area contributed by atoms with Crippen molar-refractivity contribution in [1.82, 2.24) is 0 Å². The number of aliphatic imine (C=N–C) groups is 4. The van der Waals surface area contributed by atoms with Crippen LogP contribution in [0.5, 0.6) is 0 Å². The number of rotatable bonds is 6. The van der Waals surface area contributed by atoms with Gasteiger partial charge in [-0.2, -0.15) is 0 Å². The largest absolute Gasteiger partial charge is 2.00 e. The van der Waals surface area contributed by atoms with E-state index in [0.717, 1.165) is 0 Å². The Morgan fingerprint density at radius 3 is 1.10 bits per heavy atom. The fraction of sp³-hybridized carbons (Fsp3) is 0.750. The van der Waals surface area contributed by atoms with Crippen LogP contribution >= 0.6 is 0 Å². The van der Waals surface area contributed by atoms with Crippen molar-refractivity contribution in [3.63, 3.8) is 0 Å². The van der Waals surface area contributed by atoms with Gasteiger partial charge in [0.2, 0.25) is 0 Å². The van der Waals surface area contributed by atoms with Gasteiger partial charge >= 0.3 is 16.5 Å². The van der Waals surface area contributed by atoms with E-state index in [9.17, 15) is 0 Å². The van der Waals surface area contributed by atoms with E-state index in [2.05, 4.69) is 60.3 Å². The molecule has 0 saturated heterocycles. The molecule has 0 saturated carbocycles. The van der Waals surface area contributed by atoms with Gasteiger partial charge in [0.15, 0.2) is 0 Å². The first-order valence-electron chi connectivity index (χ1n) is 7.21. The van der Waals surface area contributed by atoms with Crippen LogP contribution in [0, 0.1) is 11.8 Å². The summed E-state index contributed by atoms with van der Waals surface area (Å²) in [4.78, 5) is 15.6. The van der Waals surface area contributed by atoms with Gasteiger partial charge in [0.1, 0.15) is 0 Å². The van der Waals surface area contributed by atoms with Crippen molar-refractivity contribution < 1.29 is 16.5 Å². The van der Waals surface area contributed by atoms with Crippen molar-refractivity contribution in [1.29, 1.82) is 0 Å². The summed E-state index contributed by atoms with van der Waals surface area (Å²) >= 11 is 0. The van der Waals surface area contributed by atoms with Gasteiger partial charge in [-0.05, 0) is 27.7 Å². The summed E-state index contributed by atoms with van der Waals surface area (Å²) in [6, 6.07) is 0.591. The average Bonchev–Trinajstić information content (AvgIpc) is 2.30. The zero-order valence-electron chi connectivity index (χ0n) is 14.6. The third kappa shape index (κ3) is 32.6. The minimum absolute atomic E-state index is 0. The van der Waals surface area contributed by atoms with Gasteiger partial charge in [0.05, 0.1) is 0 Å². The molecule has 0 aromatic carbocycles. The maximum absolute atomic E-state index is 3.95. The molecule has 0 amide bonds. The van der Waals surface area contributed by atoms with E-state index in [1.54, 1.807) is 0 Å². The maximum atomic E-state index is 3.95. The van der Waals surface area contributed by atoms with Gasteiger partial charge in [-0.15, -0.1) is 12.4 Å². The van der Waals surface area contributed by atoms with Crippen molar-refractivity contribution in [2.75, 3.05) is 0 Å². The van der Waals surface area contributed by atoms with Crippen LogP contribution in [0.4, 0.5) is 0 Å². The normalized spacial score (nSPS) is 12.4. The Kier molecular flexibility index (Phi) is 20.6. The molecule has 0 bridgehead atoms. The Morgan fingerprint density at radius 2 is 0.905 bits per heavy atom. The van der Waals surface area contributed by atoms with Crippen molar-refractivity contribution >= 4 is 25.1 Å². The molecule has 0 aromatic heterocycles. The van der Waals surface area contributed by atoms with Crippen LogP contribution in [0.3, 0.4) is 0 Å². The van der Waals surface area contributed by atoms with Crippen LogP contribution in [0.2, 0.25) is 0 Å². The Morgan fingerprint density at radius 1 is 0.619 bits per heavy atom. The fourth-order valence-corrected chi connectivity index (χ4v) is 0.662. The van der Waals surface area contributed by atoms with Crippen LogP contribution in [-0.4, -0.2) is 37.2 Å². The van der Waals surface area contributed by atoms with Gasteiger partial charge in [0.25, 0.3) is 0 Å². The maximum Gasteiger partial charge on any atom is 2.00 e. The monoisotopic (exact) mass is 336 g/mol. The summed E-state index contributed by atoms with van der Waals surface area (Å²) in [5.74, 6) is 0.963. The molecule has 0 radical (unpaired) electrons. The third-order valence-electron chi connectivity index (χ3n) is 1.49. The third-order valence-corrected chi connectivity index (χ3v) is 1.49. The topological polar surface area (TPSA) is 49.4 Å². The molecule has 0 unspecified atom stereocenters. The fourth-order valence-electron chi connectivity index (χ4n) is 0.662. The van der Waals surface area contributed by atoms with Crippen molar-refractivity contribution in [2.24, 2.45) is 31.8 Å².